The second kappa shape index (κ2) is 12.3. The highest BCUT2D eigenvalue weighted by atomic mass is 32.1. The van der Waals surface area contributed by atoms with Gasteiger partial charge in [0.05, 0.1) is 18.7 Å². The highest BCUT2D eigenvalue weighted by Crippen LogP contribution is 2.28. The van der Waals surface area contributed by atoms with E-state index in [4.69, 9.17) is 17.0 Å². The van der Waals surface area contributed by atoms with Crippen LogP contribution in [0.5, 0.6) is 5.75 Å². The number of thiocarbonyl (C=S) groups is 1. The van der Waals surface area contributed by atoms with E-state index in [2.05, 4.69) is 24.4 Å². The average Bonchev–Trinajstić information content (AvgIpc) is 3.13. The highest BCUT2D eigenvalue weighted by molar-refractivity contribution is 7.80. The van der Waals surface area contributed by atoms with Gasteiger partial charge >= 0.3 is 0 Å². The van der Waals surface area contributed by atoms with Crippen molar-refractivity contribution in [2.24, 2.45) is 0 Å². The normalized spacial score (nSPS) is 15.3. The maximum absolute atomic E-state index is 13.5. The van der Waals surface area contributed by atoms with Crippen LogP contribution < -0.4 is 15.0 Å². The lowest BCUT2D eigenvalue weighted by Gasteiger charge is -2.24. The van der Waals surface area contributed by atoms with E-state index < -0.39 is 6.04 Å². The molecule has 0 bridgehead atoms. The third-order valence-electron chi connectivity index (χ3n) is 6.03. The lowest BCUT2D eigenvalue weighted by atomic mass is 10.1. The molecule has 36 heavy (non-hydrogen) atoms. The third-order valence-corrected chi connectivity index (χ3v) is 6.45. The number of amides is 2. The molecule has 1 atom stereocenters. The van der Waals surface area contributed by atoms with Crippen LogP contribution >= 0.6 is 12.2 Å². The molecule has 186 valence electrons. The topological polar surface area (TPSA) is 61.9 Å². The van der Waals surface area contributed by atoms with Crippen LogP contribution in [0.15, 0.2) is 84.9 Å². The first-order valence-electron chi connectivity index (χ1n) is 12.3. The van der Waals surface area contributed by atoms with E-state index in [0.29, 0.717) is 29.6 Å². The molecular formula is C29H31N3O3S. The Bertz CT molecular complexity index is 1170. The van der Waals surface area contributed by atoms with Gasteiger partial charge in [0.25, 0.3) is 5.91 Å². The van der Waals surface area contributed by atoms with Crippen molar-refractivity contribution in [3.05, 3.63) is 90.5 Å². The largest absolute Gasteiger partial charge is 0.494 e. The molecule has 1 unspecified atom stereocenters. The van der Waals surface area contributed by atoms with Crippen molar-refractivity contribution in [1.82, 2.24) is 4.90 Å². The number of para-hydroxylation sites is 1. The Morgan fingerprint density at radius 1 is 0.972 bits per heavy atom. The Kier molecular flexibility index (Phi) is 8.68. The molecule has 1 N–H and O–H groups in total. The molecule has 3 aromatic carbocycles. The minimum absolute atomic E-state index is 0.0156. The summed E-state index contributed by atoms with van der Waals surface area (Å²) >= 11 is 5.75. The van der Waals surface area contributed by atoms with Gasteiger partial charge in [-0.15, -0.1) is 0 Å². The zero-order chi connectivity index (χ0) is 25.3. The van der Waals surface area contributed by atoms with Crippen LogP contribution in [0, 0.1) is 0 Å². The van der Waals surface area contributed by atoms with Gasteiger partial charge in [0.15, 0.2) is 5.11 Å². The van der Waals surface area contributed by atoms with Gasteiger partial charge in [0.1, 0.15) is 11.8 Å². The van der Waals surface area contributed by atoms with E-state index in [-0.39, 0.29) is 18.2 Å². The summed E-state index contributed by atoms with van der Waals surface area (Å²) < 4.78 is 5.60. The van der Waals surface area contributed by atoms with Crippen LogP contribution in [0.25, 0.3) is 0 Å². The molecule has 0 saturated carbocycles. The van der Waals surface area contributed by atoms with Gasteiger partial charge in [-0.3, -0.25) is 14.5 Å². The fourth-order valence-corrected chi connectivity index (χ4v) is 4.66. The Labute approximate surface area is 217 Å². The van der Waals surface area contributed by atoms with E-state index in [1.807, 2.05) is 65.6 Å². The van der Waals surface area contributed by atoms with Gasteiger partial charge in [-0.2, -0.15) is 0 Å². The Morgan fingerprint density at radius 3 is 2.31 bits per heavy atom. The van der Waals surface area contributed by atoms with E-state index in [1.54, 1.807) is 17.0 Å². The van der Waals surface area contributed by atoms with Gasteiger partial charge in [0, 0.05) is 12.2 Å². The van der Waals surface area contributed by atoms with Crippen molar-refractivity contribution in [1.29, 1.82) is 0 Å². The maximum Gasteiger partial charge on any atom is 0.256 e. The molecule has 7 heteroatoms. The summed E-state index contributed by atoms with van der Waals surface area (Å²) in [6.07, 6.45) is 2.63. The van der Waals surface area contributed by atoms with Crippen LogP contribution in [0.3, 0.4) is 0 Å². The monoisotopic (exact) mass is 501 g/mol. The van der Waals surface area contributed by atoms with Crippen molar-refractivity contribution >= 4 is 40.5 Å². The van der Waals surface area contributed by atoms with Crippen molar-refractivity contribution in [2.45, 2.75) is 38.6 Å². The summed E-state index contributed by atoms with van der Waals surface area (Å²) in [5.74, 6) is 0.347. The first-order chi connectivity index (χ1) is 17.6. The van der Waals surface area contributed by atoms with Crippen LogP contribution in [0.4, 0.5) is 11.4 Å². The van der Waals surface area contributed by atoms with Crippen molar-refractivity contribution < 1.29 is 14.3 Å². The lowest BCUT2D eigenvalue weighted by molar-refractivity contribution is -0.124. The number of nitrogens with zero attached hydrogens (tertiary/aromatic N) is 2. The second-order valence-electron chi connectivity index (χ2n) is 8.72. The molecule has 2 amide bonds. The SMILES string of the molecule is CCCOc1ccc(NC(=O)CC2C(=O)N(c3ccccc3)C(=S)N2CCCc2ccccc2)cc1. The van der Waals surface area contributed by atoms with E-state index >= 15 is 0 Å². The fraction of sp³-hybridized carbons (Fsp3) is 0.276. The highest BCUT2D eigenvalue weighted by Gasteiger charge is 2.43. The smallest absolute Gasteiger partial charge is 0.256 e. The molecular weight excluding hydrogens is 470 g/mol. The molecule has 1 fully saturated rings. The van der Waals surface area contributed by atoms with E-state index in [1.165, 1.54) is 5.56 Å². The molecule has 1 aliphatic rings. The molecule has 0 aromatic heterocycles. The van der Waals surface area contributed by atoms with Gasteiger partial charge in [-0.25, -0.2) is 0 Å². The number of benzene rings is 3. The van der Waals surface area contributed by atoms with Crippen molar-refractivity contribution in [3.8, 4) is 5.75 Å². The van der Waals surface area contributed by atoms with Gasteiger partial charge < -0.3 is 15.0 Å². The minimum Gasteiger partial charge on any atom is -0.494 e. The Hall–Kier alpha value is -3.71. The third kappa shape index (κ3) is 6.29. The molecule has 6 nitrogen and oxygen atoms in total. The molecule has 0 aliphatic carbocycles. The molecule has 4 rings (SSSR count). The van der Waals surface area contributed by atoms with E-state index in [0.717, 1.165) is 25.0 Å². The molecule has 1 aliphatic heterocycles. The summed E-state index contributed by atoms with van der Waals surface area (Å²) in [6.45, 7) is 3.28. The molecule has 0 radical (unpaired) electrons. The van der Waals surface area contributed by atoms with Crippen LogP contribution in [-0.4, -0.2) is 41.0 Å². The fourth-order valence-electron chi connectivity index (χ4n) is 4.24. The quantitative estimate of drug-likeness (QED) is 0.355. The van der Waals surface area contributed by atoms with Crippen molar-refractivity contribution in [2.75, 3.05) is 23.4 Å². The summed E-state index contributed by atoms with van der Waals surface area (Å²) in [6, 6.07) is 26.2. The zero-order valence-electron chi connectivity index (χ0n) is 20.4. The van der Waals surface area contributed by atoms with Crippen LogP contribution in [-0.2, 0) is 16.0 Å². The van der Waals surface area contributed by atoms with Gasteiger partial charge in [-0.05, 0) is 73.4 Å². The number of hydrogen-bond donors (Lipinski definition) is 1. The zero-order valence-corrected chi connectivity index (χ0v) is 21.2. The molecule has 3 aromatic rings. The molecule has 1 heterocycles. The summed E-state index contributed by atoms with van der Waals surface area (Å²) in [7, 11) is 0. The number of rotatable bonds is 11. The first kappa shape index (κ1) is 25.4. The number of hydrogen-bond acceptors (Lipinski definition) is 4. The first-order valence-corrected chi connectivity index (χ1v) is 12.7. The van der Waals surface area contributed by atoms with Crippen molar-refractivity contribution in [3.63, 3.8) is 0 Å². The van der Waals surface area contributed by atoms with Crippen LogP contribution in [0.2, 0.25) is 0 Å². The molecule has 0 spiro atoms. The van der Waals surface area contributed by atoms with Gasteiger partial charge in [0.2, 0.25) is 5.91 Å². The maximum atomic E-state index is 13.5. The summed E-state index contributed by atoms with van der Waals surface area (Å²) in [4.78, 5) is 29.9. The number of aryl methyl sites for hydroxylation is 1. The Morgan fingerprint density at radius 2 is 1.64 bits per heavy atom. The summed E-state index contributed by atoms with van der Waals surface area (Å²) in [5.41, 5.74) is 2.60. The number of anilines is 2. The number of ether oxygens (including phenoxy) is 1. The van der Waals surface area contributed by atoms with E-state index in [9.17, 15) is 9.59 Å². The predicted octanol–water partition coefficient (Wildman–Crippen LogP) is 5.44. The lowest BCUT2D eigenvalue weighted by Crippen LogP contribution is -2.38. The average molecular weight is 502 g/mol. The van der Waals surface area contributed by atoms with Gasteiger partial charge in [-0.1, -0.05) is 55.5 Å². The second-order valence-corrected chi connectivity index (χ2v) is 9.08. The standard InChI is InChI=1S/C29H31N3O3S/c1-2-20-35-25-17-15-23(16-18-25)30-27(33)21-26-28(34)32(24-13-7-4-8-14-24)29(36)31(26)19-9-12-22-10-5-3-6-11-22/h3-8,10-11,13-18,26H,2,9,12,19-21H2,1H3,(H,30,33). The van der Waals surface area contributed by atoms with Crippen LogP contribution in [0.1, 0.15) is 31.7 Å². The Balaban J connectivity index is 1.45. The predicted molar refractivity (Wildman–Crippen MR) is 147 cm³/mol. The number of carbonyl (C=O) groups is 2. The minimum atomic E-state index is -0.652. The number of nitrogens with one attached hydrogen (secondary N) is 1. The molecule has 1 saturated heterocycles. The number of carbonyl (C=O) groups excluding carboxylic acids is 2. The summed E-state index contributed by atoms with van der Waals surface area (Å²) in [5, 5.41) is 3.35.